The first kappa shape index (κ1) is 14.4. The monoisotopic (exact) mass is 288 g/mol. The Labute approximate surface area is 122 Å². The lowest BCUT2D eigenvalue weighted by Crippen LogP contribution is -2.30. The summed E-state index contributed by atoms with van der Waals surface area (Å²) in [4.78, 5) is 17.0. The summed E-state index contributed by atoms with van der Waals surface area (Å²) in [5.41, 5.74) is 0.707. The van der Waals surface area contributed by atoms with Crippen LogP contribution < -0.4 is 10.1 Å². The maximum Gasteiger partial charge on any atom is 0.265 e. The second-order valence-electron chi connectivity index (χ2n) is 4.16. The van der Waals surface area contributed by atoms with Crippen molar-refractivity contribution in [3.05, 3.63) is 48.8 Å². The van der Waals surface area contributed by atoms with Crippen LogP contribution in [0.3, 0.4) is 0 Å². The second-order valence-corrected chi connectivity index (χ2v) is 5.04. The Morgan fingerprint density at radius 1 is 1.20 bits per heavy atom. The van der Waals surface area contributed by atoms with Crippen molar-refractivity contribution in [1.29, 1.82) is 0 Å². The molecular formula is C15H16N2O2S. The molecule has 0 aliphatic heterocycles. The number of thioether (sulfide) groups is 1. The zero-order valence-electron chi connectivity index (χ0n) is 11.4. The molecule has 1 aromatic heterocycles. The van der Waals surface area contributed by atoms with Gasteiger partial charge in [-0.25, -0.2) is 0 Å². The number of nitrogens with one attached hydrogen (secondary N) is 1. The topological polar surface area (TPSA) is 51.2 Å². The largest absolute Gasteiger partial charge is 0.481 e. The molecule has 0 spiro atoms. The number of aromatic nitrogens is 1. The Kier molecular flexibility index (Phi) is 5.01. The molecule has 2 aromatic rings. The molecule has 0 saturated carbocycles. The summed E-state index contributed by atoms with van der Waals surface area (Å²) in [5, 5.41) is 2.78. The van der Waals surface area contributed by atoms with Gasteiger partial charge in [0.25, 0.3) is 5.91 Å². The van der Waals surface area contributed by atoms with E-state index in [0.29, 0.717) is 11.4 Å². The third-order valence-electron chi connectivity index (χ3n) is 2.69. The van der Waals surface area contributed by atoms with Crippen LogP contribution in [0.1, 0.15) is 6.92 Å². The van der Waals surface area contributed by atoms with Crippen LogP contribution in [0.5, 0.6) is 5.75 Å². The lowest BCUT2D eigenvalue weighted by atomic mass is 10.3. The van der Waals surface area contributed by atoms with E-state index in [0.717, 1.165) is 4.90 Å². The van der Waals surface area contributed by atoms with Crippen molar-refractivity contribution in [2.24, 2.45) is 0 Å². The number of pyridine rings is 1. The fourth-order valence-corrected chi connectivity index (χ4v) is 2.00. The molecule has 5 heteroatoms. The van der Waals surface area contributed by atoms with Gasteiger partial charge in [-0.1, -0.05) is 0 Å². The Morgan fingerprint density at radius 3 is 2.45 bits per heavy atom. The summed E-state index contributed by atoms with van der Waals surface area (Å²) in [7, 11) is 0. The summed E-state index contributed by atoms with van der Waals surface area (Å²) in [6.07, 6.45) is 4.70. The maximum absolute atomic E-state index is 12.0. The summed E-state index contributed by atoms with van der Waals surface area (Å²) in [6, 6.07) is 11.1. The summed E-state index contributed by atoms with van der Waals surface area (Å²) in [5.74, 6) is 0.491. The van der Waals surface area contributed by atoms with Crippen molar-refractivity contribution in [2.75, 3.05) is 11.6 Å². The van der Waals surface area contributed by atoms with Crippen LogP contribution in [0, 0.1) is 0 Å². The van der Waals surface area contributed by atoms with E-state index in [9.17, 15) is 4.79 Å². The molecule has 1 heterocycles. The zero-order chi connectivity index (χ0) is 14.4. The molecule has 1 N–H and O–H groups in total. The molecule has 0 radical (unpaired) electrons. The molecule has 1 aromatic carbocycles. The van der Waals surface area contributed by atoms with E-state index in [1.165, 1.54) is 0 Å². The normalized spacial score (nSPS) is 11.7. The molecule has 0 bridgehead atoms. The molecule has 0 aliphatic rings. The fourth-order valence-electron chi connectivity index (χ4n) is 1.59. The first-order chi connectivity index (χ1) is 9.69. The van der Waals surface area contributed by atoms with Crippen molar-refractivity contribution in [2.45, 2.75) is 17.9 Å². The Hall–Kier alpha value is -2.01. The molecule has 20 heavy (non-hydrogen) atoms. The Morgan fingerprint density at radius 2 is 1.85 bits per heavy atom. The molecule has 0 fully saturated rings. The fraction of sp³-hybridized carbons (Fsp3) is 0.200. The van der Waals surface area contributed by atoms with Crippen molar-refractivity contribution in [3.63, 3.8) is 0 Å². The second kappa shape index (κ2) is 6.96. The van der Waals surface area contributed by atoms with E-state index >= 15 is 0 Å². The Bertz CT molecular complexity index is 558. The third kappa shape index (κ3) is 3.99. The molecule has 1 unspecified atom stereocenters. The van der Waals surface area contributed by atoms with Gasteiger partial charge in [0.1, 0.15) is 5.75 Å². The van der Waals surface area contributed by atoms with E-state index in [1.54, 1.807) is 43.2 Å². The molecule has 1 amide bonds. The first-order valence-corrected chi connectivity index (χ1v) is 7.43. The van der Waals surface area contributed by atoms with E-state index in [-0.39, 0.29) is 5.91 Å². The minimum absolute atomic E-state index is 0.190. The number of ether oxygens (including phenoxy) is 1. The molecular weight excluding hydrogens is 272 g/mol. The van der Waals surface area contributed by atoms with Crippen molar-refractivity contribution in [1.82, 2.24) is 4.98 Å². The van der Waals surface area contributed by atoms with Gasteiger partial charge in [-0.2, -0.15) is 0 Å². The lowest BCUT2D eigenvalue weighted by molar-refractivity contribution is -0.122. The number of nitrogens with zero attached hydrogens (tertiary/aromatic N) is 1. The van der Waals surface area contributed by atoms with Gasteiger partial charge in [-0.05, 0) is 49.6 Å². The predicted octanol–water partition coefficient (Wildman–Crippen LogP) is 3.21. The van der Waals surface area contributed by atoms with Gasteiger partial charge in [0.15, 0.2) is 6.10 Å². The average molecular weight is 288 g/mol. The first-order valence-electron chi connectivity index (χ1n) is 6.20. The van der Waals surface area contributed by atoms with Gasteiger partial charge in [-0.15, -0.1) is 11.8 Å². The van der Waals surface area contributed by atoms with Gasteiger partial charge in [0.2, 0.25) is 0 Å². The number of anilines is 1. The maximum atomic E-state index is 12.0. The van der Waals surface area contributed by atoms with Gasteiger partial charge >= 0.3 is 0 Å². The van der Waals surface area contributed by atoms with E-state index in [4.69, 9.17) is 4.74 Å². The van der Waals surface area contributed by atoms with E-state index in [2.05, 4.69) is 10.3 Å². The van der Waals surface area contributed by atoms with Crippen molar-refractivity contribution in [3.8, 4) is 5.75 Å². The highest BCUT2D eigenvalue weighted by molar-refractivity contribution is 7.98. The molecule has 4 nitrogen and oxygen atoms in total. The number of amides is 1. The van der Waals surface area contributed by atoms with Crippen molar-refractivity contribution >= 4 is 23.4 Å². The molecule has 2 rings (SSSR count). The number of hydrogen-bond donors (Lipinski definition) is 1. The standard InChI is InChI=1S/C15H16N2O2S/c1-11(15(18)17-12-7-9-16-10-8-12)19-13-3-5-14(20-2)6-4-13/h3-11H,1-2H3,(H,16,17,18). The zero-order valence-corrected chi connectivity index (χ0v) is 12.2. The van der Waals surface area contributed by atoms with Crippen LogP contribution in [0.25, 0.3) is 0 Å². The summed E-state index contributed by atoms with van der Waals surface area (Å²) >= 11 is 1.66. The van der Waals surface area contributed by atoms with Crippen LogP contribution >= 0.6 is 11.8 Å². The number of carbonyl (C=O) groups is 1. The van der Waals surface area contributed by atoms with Gasteiger partial charge < -0.3 is 10.1 Å². The minimum Gasteiger partial charge on any atom is -0.481 e. The lowest BCUT2D eigenvalue weighted by Gasteiger charge is -2.14. The van der Waals surface area contributed by atoms with E-state index in [1.807, 2.05) is 30.5 Å². The van der Waals surface area contributed by atoms with Crippen LogP contribution in [-0.4, -0.2) is 23.3 Å². The van der Waals surface area contributed by atoms with Gasteiger partial charge in [-0.3, -0.25) is 9.78 Å². The highest BCUT2D eigenvalue weighted by Crippen LogP contribution is 2.20. The molecule has 104 valence electrons. The highest BCUT2D eigenvalue weighted by Gasteiger charge is 2.14. The van der Waals surface area contributed by atoms with Gasteiger partial charge in [0, 0.05) is 23.0 Å². The third-order valence-corrected chi connectivity index (χ3v) is 3.43. The predicted molar refractivity (Wildman–Crippen MR) is 81.2 cm³/mol. The van der Waals surface area contributed by atoms with Crippen LogP contribution in [-0.2, 0) is 4.79 Å². The number of benzene rings is 1. The highest BCUT2D eigenvalue weighted by atomic mass is 32.2. The van der Waals surface area contributed by atoms with Crippen LogP contribution in [0.2, 0.25) is 0 Å². The SMILES string of the molecule is CSc1ccc(OC(C)C(=O)Nc2ccncc2)cc1. The van der Waals surface area contributed by atoms with Crippen molar-refractivity contribution < 1.29 is 9.53 Å². The molecule has 1 atom stereocenters. The number of carbonyl (C=O) groups excluding carboxylic acids is 1. The van der Waals surface area contributed by atoms with E-state index < -0.39 is 6.10 Å². The molecule has 0 saturated heterocycles. The number of hydrogen-bond acceptors (Lipinski definition) is 4. The van der Waals surface area contributed by atoms with Gasteiger partial charge in [0.05, 0.1) is 0 Å². The average Bonchev–Trinajstić information content (AvgIpc) is 2.49. The quantitative estimate of drug-likeness (QED) is 0.858. The minimum atomic E-state index is -0.566. The summed E-state index contributed by atoms with van der Waals surface area (Å²) in [6.45, 7) is 1.72. The number of rotatable bonds is 5. The summed E-state index contributed by atoms with van der Waals surface area (Å²) < 4.78 is 5.61. The molecule has 0 aliphatic carbocycles. The van der Waals surface area contributed by atoms with Crippen LogP contribution in [0.15, 0.2) is 53.7 Å². The Balaban J connectivity index is 1.93. The van der Waals surface area contributed by atoms with Crippen LogP contribution in [0.4, 0.5) is 5.69 Å². The smallest absolute Gasteiger partial charge is 0.265 e.